The van der Waals surface area contributed by atoms with E-state index in [0.29, 0.717) is 5.91 Å². The molecule has 1 amide bonds. The van der Waals surface area contributed by atoms with Gasteiger partial charge >= 0.3 is 0 Å². The lowest BCUT2D eigenvalue weighted by Gasteiger charge is -2.33. The fourth-order valence-electron chi connectivity index (χ4n) is 3.45. The van der Waals surface area contributed by atoms with Gasteiger partial charge in [-0.3, -0.25) is 4.79 Å². The van der Waals surface area contributed by atoms with Gasteiger partial charge in [-0.1, -0.05) is 29.8 Å². The van der Waals surface area contributed by atoms with E-state index in [0.717, 1.165) is 45.4 Å². The van der Waals surface area contributed by atoms with Crippen molar-refractivity contribution in [3.63, 3.8) is 0 Å². The molecule has 19 heavy (non-hydrogen) atoms. The molecule has 2 aliphatic heterocycles. The van der Waals surface area contributed by atoms with Crippen molar-refractivity contribution in [3.8, 4) is 0 Å². The van der Waals surface area contributed by atoms with Crippen LogP contribution in [-0.4, -0.2) is 30.4 Å². The van der Waals surface area contributed by atoms with Gasteiger partial charge in [0, 0.05) is 19.5 Å². The number of amides is 1. The van der Waals surface area contributed by atoms with Crippen LogP contribution in [0.2, 0.25) is 0 Å². The van der Waals surface area contributed by atoms with Crippen molar-refractivity contribution in [1.82, 2.24) is 10.2 Å². The van der Waals surface area contributed by atoms with Crippen LogP contribution in [0, 0.1) is 12.3 Å². The predicted molar refractivity (Wildman–Crippen MR) is 75.7 cm³/mol. The Morgan fingerprint density at radius 3 is 2.84 bits per heavy atom. The summed E-state index contributed by atoms with van der Waals surface area (Å²) in [6, 6.07) is 8.48. The Labute approximate surface area is 115 Å². The Hall–Kier alpha value is -1.35. The number of piperidine rings is 1. The quantitative estimate of drug-likeness (QED) is 0.881. The van der Waals surface area contributed by atoms with Crippen molar-refractivity contribution in [3.05, 3.63) is 35.4 Å². The first-order valence-electron chi connectivity index (χ1n) is 7.21. The minimum absolute atomic E-state index is 0.256. The molecular formula is C16H22N2O. The molecule has 0 saturated carbocycles. The molecule has 1 N–H and O–H groups in total. The van der Waals surface area contributed by atoms with Crippen LogP contribution in [0.3, 0.4) is 0 Å². The first-order chi connectivity index (χ1) is 9.17. The van der Waals surface area contributed by atoms with E-state index in [4.69, 9.17) is 0 Å². The number of carbonyl (C=O) groups is 1. The third-order valence-corrected chi connectivity index (χ3v) is 4.53. The molecule has 2 saturated heterocycles. The first kappa shape index (κ1) is 12.7. The maximum absolute atomic E-state index is 12.2. The van der Waals surface area contributed by atoms with Gasteiger partial charge in [0.05, 0.1) is 0 Å². The Morgan fingerprint density at radius 1 is 1.32 bits per heavy atom. The summed E-state index contributed by atoms with van der Waals surface area (Å²) in [5.41, 5.74) is 2.77. The lowest BCUT2D eigenvalue weighted by molar-refractivity contribution is -0.128. The molecule has 2 fully saturated rings. The van der Waals surface area contributed by atoms with Crippen LogP contribution in [0.25, 0.3) is 0 Å². The zero-order valence-electron chi connectivity index (χ0n) is 11.6. The van der Waals surface area contributed by atoms with E-state index in [9.17, 15) is 4.79 Å². The zero-order chi connectivity index (χ0) is 13.3. The molecule has 3 heteroatoms. The van der Waals surface area contributed by atoms with Crippen LogP contribution < -0.4 is 5.32 Å². The molecule has 2 heterocycles. The molecule has 0 radical (unpaired) electrons. The largest absolute Gasteiger partial charge is 0.338 e. The maximum Gasteiger partial charge on any atom is 0.223 e. The van der Waals surface area contributed by atoms with Crippen LogP contribution in [0.1, 0.15) is 30.4 Å². The normalized spacial score (nSPS) is 22.2. The van der Waals surface area contributed by atoms with Gasteiger partial charge in [-0.05, 0) is 43.8 Å². The second-order valence-corrected chi connectivity index (χ2v) is 6.17. The second kappa shape index (κ2) is 4.97. The average Bonchev–Trinajstić information content (AvgIpc) is 2.66. The highest BCUT2D eigenvalue weighted by Gasteiger charge is 2.43. The smallest absolute Gasteiger partial charge is 0.223 e. The third-order valence-electron chi connectivity index (χ3n) is 4.53. The number of carbonyl (C=O) groups excluding carboxylic acids is 1. The summed E-state index contributed by atoms with van der Waals surface area (Å²) >= 11 is 0. The van der Waals surface area contributed by atoms with Crippen molar-refractivity contribution in [1.29, 1.82) is 0 Å². The molecule has 0 bridgehead atoms. The van der Waals surface area contributed by atoms with Gasteiger partial charge in [0.15, 0.2) is 0 Å². The lowest BCUT2D eigenvalue weighted by atomic mass is 9.78. The Morgan fingerprint density at radius 2 is 2.11 bits per heavy atom. The number of nitrogens with one attached hydrogen (secondary N) is 1. The fraction of sp³-hybridized carbons (Fsp3) is 0.562. The van der Waals surface area contributed by atoms with E-state index >= 15 is 0 Å². The van der Waals surface area contributed by atoms with Crippen molar-refractivity contribution >= 4 is 5.91 Å². The summed E-state index contributed by atoms with van der Waals surface area (Å²) in [5, 5.41) is 3.39. The Kier molecular flexibility index (Phi) is 3.31. The lowest BCUT2D eigenvalue weighted by Crippen LogP contribution is -2.38. The van der Waals surface area contributed by atoms with Crippen molar-refractivity contribution in [2.24, 2.45) is 5.41 Å². The minimum atomic E-state index is 0.256. The number of hydrogen-bond donors (Lipinski definition) is 1. The summed E-state index contributed by atoms with van der Waals surface area (Å²) < 4.78 is 0. The molecule has 3 rings (SSSR count). The molecular weight excluding hydrogens is 236 g/mol. The molecule has 0 unspecified atom stereocenters. The highest BCUT2D eigenvalue weighted by Crippen LogP contribution is 2.39. The highest BCUT2D eigenvalue weighted by atomic mass is 16.2. The number of hydrogen-bond acceptors (Lipinski definition) is 2. The second-order valence-electron chi connectivity index (χ2n) is 6.17. The van der Waals surface area contributed by atoms with E-state index < -0.39 is 0 Å². The van der Waals surface area contributed by atoms with Crippen molar-refractivity contribution < 1.29 is 4.79 Å². The molecule has 2 aliphatic rings. The number of likely N-dealkylation sites (tertiary alicyclic amines) is 1. The maximum atomic E-state index is 12.2. The van der Waals surface area contributed by atoms with E-state index in [1.165, 1.54) is 11.1 Å². The molecule has 1 aromatic rings. The SMILES string of the molecule is Cc1cccc(CN2CC3(CCNCC3)CC2=O)c1. The van der Waals surface area contributed by atoms with Gasteiger partial charge in [-0.2, -0.15) is 0 Å². The topological polar surface area (TPSA) is 32.3 Å². The van der Waals surface area contributed by atoms with Crippen LogP contribution in [0.15, 0.2) is 24.3 Å². The van der Waals surface area contributed by atoms with Gasteiger partial charge in [0.25, 0.3) is 0 Å². The number of aryl methyl sites for hydroxylation is 1. The summed E-state index contributed by atoms with van der Waals surface area (Å²) in [4.78, 5) is 14.3. The van der Waals surface area contributed by atoms with Gasteiger partial charge in [-0.15, -0.1) is 0 Å². The first-order valence-corrected chi connectivity index (χ1v) is 7.21. The predicted octanol–water partition coefficient (Wildman–Crippen LogP) is 2.10. The van der Waals surface area contributed by atoms with Gasteiger partial charge in [-0.25, -0.2) is 0 Å². The number of benzene rings is 1. The van der Waals surface area contributed by atoms with E-state index in [1.807, 2.05) is 0 Å². The third kappa shape index (κ3) is 2.66. The molecule has 1 aromatic carbocycles. The Bertz CT molecular complexity index is 477. The van der Waals surface area contributed by atoms with Crippen molar-refractivity contribution in [2.75, 3.05) is 19.6 Å². The van der Waals surface area contributed by atoms with Crippen LogP contribution in [0.5, 0.6) is 0 Å². The van der Waals surface area contributed by atoms with Crippen LogP contribution in [0.4, 0.5) is 0 Å². The molecule has 1 spiro atoms. The standard InChI is InChI=1S/C16H22N2O/c1-13-3-2-4-14(9-13)11-18-12-16(10-15(18)19)5-7-17-8-6-16/h2-4,9,17H,5-8,10-12H2,1H3. The monoisotopic (exact) mass is 258 g/mol. The number of rotatable bonds is 2. The van der Waals surface area contributed by atoms with Crippen molar-refractivity contribution in [2.45, 2.75) is 32.7 Å². The van der Waals surface area contributed by atoms with Gasteiger partial charge in [0.2, 0.25) is 5.91 Å². The van der Waals surface area contributed by atoms with Gasteiger partial charge in [0.1, 0.15) is 0 Å². The number of nitrogens with zero attached hydrogens (tertiary/aromatic N) is 1. The molecule has 102 valence electrons. The van der Waals surface area contributed by atoms with E-state index in [2.05, 4.69) is 41.4 Å². The van der Waals surface area contributed by atoms with Crippen LogP contribution >= 0.6 is 0 Å². The summed E-state index contributed by atoms with van der Waals surface area (Å²) in [7, 11) is 0. The molecule has 3 nitrogen and oxygen atoms in total. The average molecular weight is 258 g/mol. The van der Waals surface area contributed by atoms with Crippen LogP contribution in [-0.2, 0) is 11.3 Å². The van der Waals surface area contributed by atoms with E-state index in [1.54, 1.807) is 0 Å². The summed E-state index contributed by atoms with van der Waals surface area (Å²) in [6.45, 7) is 5.94. The summed E-state index contributed by atoms with van der Waals surface area (Å²) in [5.74, 6) is 0.336. The summed E-state index contributed by atoms with van der Waals surface area (Å²) in [6.07, 6.45) is 3.03. The fourth-order valence-corrected chi connectivity index (χ4v) is 3.45. The zero-order valence-corrected chi connectivity index (χ0v) is 11.6. The molecule has 0 aromatic heterocycles. The molecule has 0 aliphatic carbocycles. The van der Waals surface area contributed by atoms with E-state index in [-0.39, 0.29) is 5.41 Å². The molecule has 0 atom stereocenters. The van der Waals surface area contributed by atoms with Gasteiger partial charge < -0.3 is 10.2 Å². The highest BCUT2D eigenvalue weighted by molar-refractivity contribution is 5.79. The Balaban J connectivity index is 1.70. The minimum Gasteiger partial charge on any atom is -0.338 e.